The number of amides is 1. The largest absolute Gasteiger partial charge is 0.463 e. The molecule has 29 heavy (non-hydrogen) atoms. The molecule has 9 nitrogen and oxygen atoms in total. The number of carbonyl (C=O) groups is 1. The smallest absolute Gasteiger partial charge is 0.269 e. The molecule has 1 aromatic carbocycles. The van der Waals surface area contributed by atoms with Gasteiger partial charge in [0.15, 0.2) is 11.6 Å². The Morgan fingerprint density at radius 1 is 1.17 bits per heavy atom. The molecule has 9 heteroatoms. The van der Waals surface area contributed by atoms with Gasteiger partial charge in [-0.25, -0.2) is 0 Å². The number of piperidine rings is 1. The van der Waals surface area contributed by atoms with Gasteiger partial charge in [0.2, 0.25) is 5.91 Å². The van der Waals surface area contributed by atoms with Crippen LogP contribution in [0.2, 0.25) is 0 Å². The van der Waals surface area contributed by atoms with Crippen molar-refractivity contribution in [3.8, 4) is 11.5 Å². The second-order valence-electron chi connectivity index (χ2n) is 6.83. The Morgan fingerprint density at radius 2 is 2.00 bits per heavy atom. The molecule has 0 bridgehead atoms. The van der Waals surface area contributed by atoms with Crippen LogP contribution in [-0.2, 0) is 4.79 Å². The molecule has 0 saturated carbocycles. The zero-order chi connectivity index (χ0) is 20.2. The summed E-state index contributed by atoms with van der Waals surface area (Å²) in [6.45, 7) is 1.34. The molecule has 0 spiro atoms. The normalized spacial score (nSPS) is 16.4. The predicted octanol–water partition coefficient (Wildman–Crippen LogP) is 3.50. The van der Waals surface area contributed by atoms with E-state index in [2.05, 4.69) is 15.5 Å². The highest BCUT2D eigenvalue weighted by Gasteiger charge is 2.27. The van der Waals surface area contributed by atoms with Crippen LogP contribution in [0.15, 0.2) is 59.2 Å². The third-order valence-electron chi connectivity index (χ3n) is 4.89. The van der Waals surface area contributed by atoms with Crippen LogP contribution in [0.3, 0.4) is 0 Å². The number of furan rings is 1. The Morgan fingerprint density at radius 3 is 2.66 bits per heavy atom. The molecule has 1 aliphatic heterocycles. The highest BCUT2D eigenvalue weighted by molar-refractivity contribution is 5.93. The fourth-order valence-electron chi connectivity index (χ4n) is 3.36. The van der Waals surface area contributed by atoms with Gasteiger partial charge in [-0.2, -0.15) is 0 Å². The molecule has 1 amide bonds. The lowest BCUT2D eigenvalue weighted by atomic mass is 9.97. The van der Waals surface area contributed by atoms with E-state index in [4.69, 9.17) is 4.42 Å². The summed E-state index contributed by atoms with van der Waals surface area (Å²) in [6.07, 6.45) is 3.22. The number of nitrogens with zero attached hydrogens (tertiary/aromatic N) is 4. The van der Waals surface area contributed by atoms with Crippen LogP contribution in [0.1, 0.15) is 12.8 Å². The zero-order valence-electron chi connectivity index (χ0n) is 15.5. The number of nitrogens with one attached hydrogen (secondary N) is 1. The molecule has 1 fully saturated rings. The van der Waals surface area contributed by atoms with Crippen LogP contribution in [0.5, 0.6) is 0 Å². The molecule has 1 aliphatic rings. The number of anilines is 2. The van der Waals surface area contributed by atoms with E-state index in [-0.39, 0.29) is 17.5 Å². The first kappa shape index (κ1) is 18.6. The van der Waals surface area contributed by atoms with E-state index in [1.807, 2.05) is 23.1 Å². The summed E-state index contributed by atoms with van der Waals surface area (Å²) in [5, 5.41) is 22.1. The van der Waals surface area contributed by atoms with E-state index in [9.17, 15) is 14.9 Å². The van der Waals surface area contributed by atoms with Crippen LogP contribution in [0, 0.1) is 16.0 Å². The molecule has 1 atom stereocenters. The molecular formula is C20H19N5O4. The van der Waals surface area contributed by atoms with Gasteiger partial charge in [-0.15, -0.1) is 10.2 Å². The molecule has 4 rings (SSSR count). The average Bonchev–Trinajstić information content (AvgIpc) is 3.29. The first-order valence-electron chi connectivity index (χ1n) is 9.28. The van der Waals surface area contributed by atoms with Crippen LogP contribution in [-0.4, -0.2) is 34.1 Å². The van der Waals surface area contributed by atoms with Crippen molar-refractivity contribution in [2.45, 2.75) is 12.8 Å². The number of hydrogen-bond acceptors (Lipinski definition) is 7. The van der Waals surface area contributed by atoms with Crippen LogP contribution in [0.4, 0.5) is 17.2 Å². The standard InChI is InChI=1S/C20H19N5O4/c26-20(21-15-5-7-16(8-6-15)25(27)28)14-3-1-11-24(13-14)19-10-9-17(22-23-19)18-4-2-12-29-18/h2,4-10,12,14H,1,3,11,13H2,(H,21,26). The third kappa shape index (κ3) is 4.23. The van der Waals surface area contributed by atoms with E-state index >= 15 is 0 Å². The number of nitro benzene ring substituents is 1. The summed E-state index contributed by atoms with van der Waals surface area (Å²) in [6, 6.07) is 13.2. The lowest BCUT2D eigenvalue weighted by Crippen LogP contribution is -2.41. The molecule has 148 valence electrons. The van der Waals surface area contributed by atoms with Gasteiger partial charge in [-0.05, 0) is 49.2 Å². The van der Waals surface area contributed by atoms with Gasteiger partial charge in [-0.3, -0.25) is 14.9 Å². The fraction of sp³-hybridized carbons (Fsp3) is 0.250. The Kier molecular flexibility index (Phi) is 5.19. The van der Waals surface area contributed by atoms with Crippen molar-refractivity contribution in [1.82, 2.24) is 10.2 Å². The maximum Gasteiger partial charge on any atom is 0.269 e. The molecule has 0 aliphatic carbocycles. The Bertz CT molecular complexity index is 987. The minimum Gasteiger partial charge on any atom is -0.463 e. The fourth-order valence-corrected chi connectivity index (χ4v) is 3.36. The Hall–Kier alpha value is -3.75. The van der Waals surface area contributed by atoms with E-state index < -0.39 is 4.92 Å². The maximum absolute atomic E-state index is 12.7. The molecule has 3 aromatic rings. The predicted molar refractivity (Wildman–Crippen MR) is 106 cm³/mol. The minimum absolute atomic E-state index is 0.0107. The van der Waals surface area contributed by atoms with Crippen molar-refractivity contribution in [2.75, 3.05) is 23.3 Å². The van der Waals surface area contributed by atoms with Gasteiger partial charge in [0.1, 0.15) is 5.69 Å². The van der Waals surface area contributed by atoms with E-state index in [1.165, 1.54) is 24.3 Å². The molecular weight excluding hydrogens is 374 g/mol. The van der Waals surface area contributed by atoms with Crippen molar-refractivity contribution in [2.24, 2.45) is 5.92 Å². The second kappa shape index (κ2) is 8.09. The summed E-state index contributed by atoms with van der Waals surface area (Å²) in [7, 11) is 0. The van der Waals surface area contributed by atoms with Gasteiger partial charge >= 0.3 is 0 Å². The zero-order valence-corrected chi connectivity index (χ0v) is 15.5. The molecule has 3 heterocycles. The Labute approximate surface area is 166 Å². The summed E-state index contributed by atoms with van der Waals surface area (Å²) < 4.78 is 5.32. The maximum atomic E-state index is 12.7. The quantitative estimate of drug-likeness (QED) is 0.521. The van der Waals surface area contributed by atoms with Gasteiger partial charge < -0.3 is 14.6 Å². The highest BCUT2D eigenvalue weighted by atomic mass is 16.6. The number of benzene rings is 1. The van der Waals surface area contributed by atoms with Gasteiger partial charge in [0, 0.05) is 30.9 Å². The monoisotopic (exact) mass is 393 g/mol. The van der Waals surface area contributed by atoms with Crippen molar-refractivity contribution in [3.63, 3.8) is 0 Å². The van der Waals surface area contributed by atoms with Crippen molar-refractivity contribution in [3.05, 3.63) is 64.9 Å². The van der Waals surface area contributed by atoms with Gasteiger partial charge in [0.25, 0.3) is 5.69 Å². The van der Waals surface area contributed by atoms with Crippen LogP contribution >= 0.6 is 0 Å². The van der Waals surface area contributed by atoms with Crippen molar-refractivity contribution in [1.29, 1.82) is 0 Å². The van der Waals surface area contributed by atoms with Crippen molar-refractivity contribution >= 4 is 23.1 Å². The summed E-state index contributed by atoms with van der Waals surface area (Å²) in [5.74, 6) is 1.06. The summed E-state index contributed by atoms with van der Waals surface area (Å²) in [4.78, 5) is 25.0. The first-order chi connectivity index (χ1) is 14.1. The van der Waals surface area contributed by atoms with E-state index in [0.717, 1.165) is 19.4 Å². The molecule has 0 radical (unpaired) electrons. The summed E-state index contributed by atoms with van der Waals surface area (Å²) in [5.41, 5.74) is 1.19. The Balaban J connectivity index is 1.39. The second-order valence-corrected chi connectivity index (χ2v) is 6.83. The first-order valence-corrected chi connectivity index (χ1v) is 9.28. The number of carbonyl (C=O) groups excluding carboxylic acids is 1. The third-order valence-corrected chi connectivity index (χ3v) is 4.89. The number of aromatic nitrogens is 2. The lowest BCUT2D eigenvalue weighted by Gasteiger charge is -2.32. The number of nitro groups is 1. The molecule has 1 saturated heterocycles. The topological polar surface area (TPSA) is 114 Å². The van der Waals surface area contributed by atoms with Crippen molar-refractivity contribution < 1.29 is 14.1 Å². The molecule has 1 unspecified atom stereocenters. The van der Waals surface area contributed by atoms with Gasteiger partial charge in [0.05, 0.1) is 17.1 Å². The molecule has 1 N–H and O–H groups in total. The van der Waals surface area contributed by atoms with Gasteiger partial charge in [-0.1, -0.05) is 0 Å². The lowest BCUT2D eigenvalue weighted by molar-refractivity contribution is -0.384. The number of hydrogen-bond donors (Lipinski definition) is 1. The summed E-state index contributed by atoms with van der Waals surface area (Å²) >= 11 is 0. The average molecular weight is 393 g/mol. The van der Waals surface area contributed by atoms with E-state index in [0.29, 0.717) is 29.5 Å². The van der Waals surface area contributed by atoms with E-state index in [1.54, 1.807) is 12.3 Å². The number of non-ortho nitro benzene ring substituents is 1. The number of rotatable bonds is 5. The minimum atomic E-state index is -0.469. The highest BCUT2D eigenvalue weighted by Crippen LogP contribution is 2.25. The SMILES string of the molecule is O=C(Nc1ccc([N+](=O)[O-])cc1)C1CCCN(c2ccc(-c3ccco3)nn2)C1. The van der Waals surface area contributed by atoms with Crippen LogP contribution < -0.4 is 10.2 Å². The molecule has 2 aromatic heterocycles. The van der Waals surface area contributed by atoms with Crippen LogP contribution in [0.25, 0.3) is 11.5 Å².